The fourth-order valence-electron chi connectivity index (χ4n) is 4.78. The van der Waals surface area contributed by atoms with Crippen LogP contribution in [0.3, 0.4) is 0 Å². The number of nitrogens with zero attached hydrogens (tertiary/aromatic N) is 2. The normalized spacial score (nSPS) is 24.5. The Labute approximate surface area is 200 Å². The molecule has 1 aliphatic heterocycles. The molecule has 4 atom stereocenters. The van der Waals surface area contributed by atoms with Crippen LogP contribution < -0.4 is 5.32 Å². The predicted octanol–water partition coefficient (Wildman–Crippen LogP) is 3.29. The first-order valence-corrected chi connectivity index (χ1v) is 13.2. The van der Waals surface area contributed by atoms with E-state index in [1.165, 1.54) is 23.4 Å². The van der Waals surface area contributed by atoms with Crippen LogP contribution in [0.5, 0.6) is 0 Å². The number of fused-ring (bicyclic) bond motifs is 1. The lowest BCUT2D eigenvalue weighted by molar-refractivity contribution is -0.126. The van der Waals surface area contributed by atoms with E-state index in [9.17, 15) is 26.8 Å². The Balaban J connectivity index is 1.40. The van der Waals surface area contributed by atoms with Gasteiger partial charge in [-0.1, -0.05) is 11.6 Å². The molecule has 1 saturated heterocycles. The minimum atomic E-state index is -3.56. The largest absolute Gasteiger partial charge is 0.347 e. The summed E-state index contributed by atoms with van der Waals surface area (Å²) in [4.78, 5) is 31.9. The zero-order chi connectivity index (χ0) is 24.4. The number of amides is 2. The third kappa shape index (κ3) is 4.29. The third-order valence-electron chi connectivity index (χ3n) is 6.80. The van der Waals surface area contributed by atoms with Gasteiger partial charge in [0.25, 0.3) is 5.91 Å². The summed E-state index contributed by atoms with van der Waals surface area (Å²) in [5, 5.41) is 2.51. The molecule has 2 saturated carbocycles. The van der Waals surface area contributed by atoms with Gasteiger partial charge >= 0.3 is 0 Å². The van der Waals surface area contributed by atoms with Crippen LogP contribution in [-0.2, 0) is 14.6 Å². The van der Waals surface area contributed by atoms with Gasteiger partial charge in [0.15, 0.2) is 9.84 Å². The first-order valence-electron chi connectivity index (χ1n) is 11.0. The molecule has 2 aromatic rings. The van der Waals surface area contributed by atoms with E-state index in [0.29, 0.717) is 6.42 Å². The SMILES string of the molecule is CS(=O)(=O)c1cncc(C(=O)N2[C@@H](C(=O)NC(c3cc(F)c(Cl)cc3F)C3CC3)C[C@@H]3C[C@@H]32)c1. The molecule has 180 valence electrons. The number of benzene rings is 1. The standard InChI is InChI=1S/C23H22ClF2N3O4S/c1-34(32,33)14-4-13(9-27-10-14)23(31)29-19-5-12(19)6-20(29)22(30)28-21(11-2-3-11)15-7-18(26)16(24)8-17(15)25/h4,7-12,19-21H,2-3,5-6H2,1H3,(H,28,30)/t12-,19-,20+,21?/m0/s1. The quantitative estimate of drug-likeness (QED) is 0.603. The average molecular weight is 510 g/mol. The van der Waals surface area contributed by atoms with Crippen LogP contribution in [0.1, 0.15) is 47.6 Å². The first kappa shape index (κ1) is 23.2. The van der Waals surface area contributed by atoms with E-state index in [1.54, 1.807) is 0 Å². The molecule has 2 aliphatic carbocycles. The van der Waals surface area contributed by atoms with Gasteiger partial charge in [-0.25, -0.2) is 17.2 Å². The van der Waals surface area contributed by atoms with Crippen molar-refractivity contribution < 1.29 is 26.8 Å². The van der Waals surface area contributed by atoms with Gasteiger partial charge < -0.3 is 10.2 Å². The fraction of sp³-hybridized carbons (Fsp3) is 0.435. The first-order chi connectivity index (χ1) is 16.0. The highest BCUT2D eigenvalue weighted by molar-refractivity contribution is 7.90. The van der Waals surface area contributed by atoms with Crippen molar-refractivity contribution in [1.82, 2.24) is 15.2 Å². The van der Waals surface area contributed by atoms with E-state index in [0.717, 1.165) is 37.7 Å². The molecular weight excluding hydrogens is 488 g/mol. The molecule has 2 heterocycles. The number of sulfone groups is 1. The van der Waals surface area contributed by atoms with Crippen LogP contribution in [0.4, 0.5) is 8.78 Å². The van der Waals surface area contributed by atoms with Gasteiger partial charge in [-0.2, -0.15) is 0 Å². The number of piperidine rings is 1. The van der Waals surface area contributed by atoms with Crippen molar-refractivity contribution >= 4 is 33.3 Å². The third-order valence-corrected chi connectivity index (χ3v) is 8.16. The van der Waals surface area contributed by atoms with Gasteiger partial charge in [0.1, 0.15) is 17.7 Å². The van der Waals surface area contributed by atoms with Crippen molar-refractivity contribution in [2.24, 2.45) is 11.8 Å². The molecular formula is C23H22ClF2N3O4S. The van der Waals surface area contributed by atoms with E-state index in [4.69, 9.17) is 11.6 Å². The summed E-state index contributed by atoms with van der Waals surface area (Å²) in [5.41, 5.74) is 0.113. The van der Waals surface area contributed by atoms with Crippen LogP contribution in [0.15, 0.2) is 35.5 Å². The minimum Gasteiger partial charge on any atom is -0.347 e. The lowest BCUT2D eigenvalue weighted by Crippen LogP contribution is -2.49. The summed E-state index contributed by atoms with van der Waals surface area (Å²) in [5.74, 6) is -2.25. The molecule has 3 fully saturated rings. The van der Waals surface area contributed by atoms with Crippen LogP contribution in [0, 0.1) is 23.5 Å². The van der Waals surface area contributed by atoms with Crippen molar-refractivity contribution in [3.05, 3.63) is 58.4 Å². The van der Waals surface area contributed by atoms with E-state index < -0.39 is 45.4 Å². The predicted molar refractivity (Wildman–Crippen MR) is 119 cm³/mol. The molecule has 0 radical (unpaired) electrons. The number of nitrogens with one attached hydrogen (secondary N) is 1. The second-order valence-corrected chi connectivity index (χ2v) is 11.7. The van der Waals surface area contributed by atoms with Crippen LogP contribution in [-0.4, -0.2) is 48.5 Å². The maximum atomic E-state index is 14.6. The topological polar surface area (TPSA) is 96.4 Å². The van der Waals surface area contributed by atoms with Gasteiger partial charge in [-0.3, -0.25) is 14.6 Å². The zero-order valence-corrected chi connectivity index (χ0v) is 19.7. The summed E-state index contributed by atoms with van der Waals surface area (Å²) < 4.78 is 52.4. The van der Waals surface area contributed by atoms with Crippen molar-refractivity contribution in [2.45, 2.75) is 48.7 Å². The highest BCUT2D eigenvalue weighted by Gasteiger charge is 2.56. The molecule has 2 amide bonds. The molecule has 34 heavy (non-hydrogen) atoms. The van der Waals surface area contributed by atoms with E-state index in [1.807, 2.05) is 0 Å². The van der Waals surface area contributed by atoms with Crippen LogP contribution in [0.2, 0.25) is 5.02 Å². The van der Waals surface area contributed by atoms with Gasteiger partial charge in [-0.15, -0.1) is 0 Å². The Morgan fingerprint density at radius 1 is 1.15 bits per heavy atom. The van der Waals surface area contributed by atoms with E-state index in [-0.39, 0.29) is 38.9 Å². The monoisotopic (exact) mass is 509 g/mol. The maximum Gasteiger partial charge on any atom is 0.256 e. The summed E-state index contributed by atoms with van der Waals surface area (Å²) in [6, 6.07) is 1.53. The number of aromatic nitrogens is 1. The Morgan fingerprint density at radius 3 is 2.56 bits per heavy atom. The number of rotatable bonds is 6. The molecule has 0 bridgehead atoms. The second kappa shape index (κ2) is 8.27. The number of pyridine rings is 1. The maximum absolute atomic E-state index is 14.6. The van der Waals surface area contributed by atoms with Gasteiger partial charge in [0, 0.05) is 30.3 Å². The number of hydrogen-bond acceptors (Lipinski definition) is 5. The van der Waals surface area contributed by atoms with Gasteiger partial charge in [0.05, 0.1) is 21.5 Å². The number of carbonyl (C=O) groups excluding carboxylic acids is 2. The Bertz CT molecular complexity index is 1300. The molecule has 1 aromatic carbocycles. The fourth-order valence-corrected chi connectivity index (χ4v) is 5.52. The number of carbonyl (C=O) groups is 2. The lowest BCUT2D eigenvalue weighted by atomic mass is 10.00. The number of halogens is 3. The highest BCUT2D eigenvalue weighted by Crippen LogP contribution is 2.49. The minimum absolute atomic E-state index is 0.0313. The smallest absolute Gasteiger partial charge is 0.256 e. The zero-order valence-electron chi connectivity index (χ0n) is 18.2. The van der Waals surface area contributed by atoms with Crippen molar-refractivity contribution in [3.63, 3.8) is 0 Å². The molecule has 0 spiro atoms. The highest BCUT2D eigenvalue weighted by atomic mass is 35.5. The number of likely N-dealkylation sites (tertiary alicyclic amines) is 1. The average Bonchev–Trinajstić information content (AvgIpc) is 3.72. The van der Waals surface area contributed by atoms with E-state index >= 15 is 0 Å². The molecule has 1 unspecified atom stereocenters. The molecule has 11 heteroatoms. The Hall–Kier alpha value is -2.59. The van der Waals surface area contributed by atoms with Gasteiger partial charge in [-0.05, 0) is 55.7 Å². The van der Waals surface area contributed by atoms with Gasteiger partial charge in [0.2, 0.25) is 5.91 Å². The van der Waals surface area contributed by atoms with Crippen molar-refractivity contribution in [2.75, 3.05) is 6.26 Å². The number of hydrogen-bond donors (Lipinski definition) is 1. The molecule has 7 nitrogen and oxygen atoms in total. The molecule has 1 N–H and O–H groups in total. The Kier molecular flexibility index (Phi) is 5.63. The summed E-state index contributed by atoms with van der Waals surface area (Å²) >= 11 is 5.68. The molecule has 5 rings (SSSR count). The van der Waals surface area contributed by atoms with Crippen LogP contribution >= 0.6 is 11.6 Å². The molecule has 3 aliphatic rings. The van der Waals surface area contributed by atoms with Crippen LogP contribution in [0.25, 0.3) is 0 Å². The summed E-state index contributed by atoms with van der Waals surface area (Å²) in [6.07, 6.45) is 6.21. The second-order valence-electron chi connectivity index (χ2n) is 9.32. The Morgan fingerprint density at radius 2 is 1.88 bits per heavy atom. The van der Waals surface area contributed by atoms with Crippen molar-refractivity contribution in [3.8, 4) is 0 Å². The summed E-state index contributed by atoms with van der Waals surface area (Å²) in [7, 11) is -3.56. The summed E-state index contributed by atoms with van der Waals surface area (Å²) in [6.45, 7) is 0. The van der Waals surface area contributed by atoms with Crippen molar-refractivity contribution in [1.29, 1.82) is 0 Å². The lowest BCUT2D eigenvalue weighted by Gasteiger charge is -2.29. The molecule has 1 aromatic heterocycles. The van der Waals surface area contributed by atoms with E-state index in [2.05, 4.69) is 10.3 Å².